The molecule has 0 rings (SSSR count). The number of ether oxygens (including phenoxy) is 1. The number of unbranched alkanes of at least 4 members (excludes halogenated alkanes) is 12. The van der Waals surface area contributed by atoms with Gasteiger partial charge in [0.25, 0.3) is 0 Å². The van der Waals surface area contributed by atoms with Gasteiger partial charge in [0.2, 0.25) is 0 Å². The van der Waals surface area contributed by atoms with Gasteiger partial charge in [-0.05, 0) is 19.3 Å². The number of carbonyl (C=O) groups excluding carboxylic acids is 2. The van der Waals surface area contributed by atoms with Crippen molar-refractivity contribution < 1.29 is 14.3 Å². The quantitative estimate of drug-likeness (QED) is 0.215. The molecule has 3 heteroatoms. The molecule has 0 fully saturated rings. The van der Waals surface area contributed by atoms with Gasteiger partial charge in [0.1, 0.15) is 5.78 Å². The van der Waals surface area contributed by atoms with Crippen molar-refractivity contribution in [3.8, 4) is 0 Å². The first-order valence-electron chi connectivity index (χ1n) is 10.3. The van der Waals surface area contributed by atoms with Crippen LogP contribution >= 0.6 is 0 Å². The number of methoxy groups -OCH3 is 1. The lowest BCUT2D eigenvalue weighted by Crippen LogP contribution is -2.00. The fraction of sp³-hybridized carbons (Fsp3) is 0.905. The van der Waals surface area contributed by atoms with Crippen LogP contribution in [-0.4, -0.2) is 18.9 Å². The zero-order valence-corrected chi connectivity index (χ0v) is 16.2. The number of Topliss-reactive ketones (excluding diaryl/α,β-unsaturated/α-hetero) is 1. The highest BCUT2D eigenvalue weighted by molar-refractivity contribution is 5.78. The molecule has 0 radical (unpaired) electrons. The predicted octanol–water partition coefficient (Wildman–Crippen LogP) is 6.38. The van der Waals surface area contributed by atoms with E-state index < -0.39 is 0 Å². The Morgan fingerprint density at radius 2 is 0.958 bits per heavy atom. The molecule has 0 aromatic rings. The molecular formula is C21H40O3. The van der Waals surface area contributed by atoms with Crippen molar-refractivity contribution in [1.29, 1.82) is 0 Å². The van der Waals surface area contributed by atoms with Crippen LogP contribution in [0.1, 0.15) is 116 Å². The van der Waals surface area contributed by atoms with Gasteiger partial charge in [0.05, 0.1) is 7.11 Å². The Bertz CT molecular complexity index is 299. The fourth-order valence-electron chi connectivity index (χ4n) is 2.98. The maximum atomic E-state index is 11.8. The molecule has 0 heterocycles. The van der Waals surface area contributed by atoms with Crippen molar-refractivity contribution in [2.75, 3.05) is 7.11 Å². The summed E-state index contributed by atoms with van der Waals surface area (Å²) < 4.78 is 4.60. The maximum absolute atomic E-state index is 11.8. The fourth-order valence-corrected chi connectivity index (χ4v) is 2.98. The lowest BCUT2D eigenvalue weighted by Gasteiger charge is -2.03. The lowest BCUT2D eigenvalue weighted by atomic mass is 10.0. The molecule has 0 amide bonds. The highest BCUT2D eigenvalue weighted by Gasteiger charge is 2.03. The molecule has 0 unspecified atom stereocenters. The highest BCUT2D eigenvalue weighted by Crippen LogP contribution is 2.13. The van der Waals surface area contributed by atoms with Gasteiger partial charge in [-0.15, -0.1) is 0 Å². The molecule has 3 nitrogen and oxygen atoms in total. The Kier molecular flexibility index (Phi) is 17.8. The first kappa shape index (κ1) is 23.1. The highest BCUT2D eigenvalue weighted by atomic mass is 16.5. The zero-order chi connectivity index (χ0) is 17.9. The smallest absolute Gasteiger partial charge is 0.305 e. The summed E-state index contributed by atoms with van der Waals surface area (Å²) in [4.78, 5) is 22.7. The first-order valence-corrected chi connectivity index (χ1v) is 10.3. The summed E-state index contributed by atoms with van der Waals surface area (Å²) >= 11 is 0. The van der Waals surface area contributed by atoms with Crippen LogP contribution in [-0.2, 0) is 14.3 Å². The van der Waals surface area contributed by atoms with Crippen LogP contribution in [0.2, 0.25) is 0 Å². The van der Waals surface area contributed by atoms with Crippen molar-refractivity contribution in [2.24, 2.45) is 0 Å². The molecule has 0 N–H and O–H groups in total. The minimum Gasteiger partial charge on any atom is -0.469 e. The summed E-state index contributed by atoms with van der Waals surface area (Å²) in [5.74, 6) is 0.287. The second kappa shape index (κ2) is 18.5. The standard InChI is InChI=1S/C21H40O3/c1-3-4-5-6-7-8-9-10-11-14-17-20(22)18-15-12-13-16-19-21(23)24-2/h3-19H2,1-2H3. The Morgan fingerprint density at radius 1 is 0.583 bits per heavy atom. The number of carbonyl (C=O) groups is 2. The van der Waals surface area contributed by atoms with E-state index in [-0.39, 0.29) is 5.97 Å². The van der Waals surface area contributed by atoms with Gasteiger partial charge in [-0.3, -0.25) is 9.59 Å². The number of esters is 1. The number of hydrogen-bond acceptors (Lipinski definition) is 3. The summed E-state index contributed by atoms with van der Waals surface area (Å²) in [5.41, 5.74) is 0. The average Bonchev–Trinajstić information content (AvgIpc) is 2.59. The van der Waals surface area contributed by atoms with Gasteiger partial charge < -0.3 is 4.74 Å². The van der Waals surface area contributed by atoms with Crippen LogP contribution in [0.4, 0.5) is 0 Å². The number of ketones is 1. The molecule has 142 valence electrons. The van der Waals surface area contributed by atoms with Gasteiger partial charge in [0.15, 0.2) is 0 Å². The van der Waals surface area contributed by atoms with Crippen LogP contribution in [0.15, 0.2) is 0 Å². The van der Waals surface area contributed by atoms with Crippen LogP contribution in [0.3, 0.4) is 0 Å². The molecule has 0 saturated carbocycles. The number of rotatable bonds is 18. The van der Waals surface area contributed by atoms with E-state index in [0.29, 0.717) is 12.2 Å². The van der Waals surface area contributed by atoms with Gasteiger partial charge in [-0.2, -0.15) is 0 Å². The monoisotopic (exact) mass is 340 g/mol. The Labute approximate surface area is 149 Å². The second-order valence-corrected chi connectivity index (χ2v) is 6.96. The molecule has 0 spiro atoms. The number of hydrogen-bond donors (Lipinski definition) is 0. The van der Waals surface area contributed by atoms with Gasteiger partial charge >= 0.3 is 5.97 Å². The SMILES string of the molecule is CCCCCCCCCCCCC(=O)CCCCCCC(=O)OC. The molecular weight excluding hydrogens is 300 g/mol. The molecule has 0 atom stereocenters. The van der Waals surface area contributed by atoms with E-state index in [1.165, 1.54) is 64.9 Å². The Hall–Kier alpha value is -0.860. The van der Waals surface area contributed by atoms with Crippen LogP contribution in [0.5, 0.6) is 0 Å². The Morgan fingerprint density at radius 3 is 1.38 bits per heavy atom. The van der Waals surface area contributed by atoms with Gasteiger partial charge in [0, 0.05) is 19.3 Å². The van der Waals surface area contributed by atoms with Crippen molar-refractivity contribution in [3.63, 3.8) is 0 Å². The molecule has 24 heavy (non-hydrogen) atoms. The third kappa shape index (κ3) is 17.5. The van der Waals surface area contributed by atoms with Crippen molar-refractivity contribution in [3.05, 3.63) is 0 Å². The molecule has 0 aromatic carbocycles. The first-order chi connectivity index (χ1) is 11.7. The average molecular weight is 341 g/mol. The summed E-state index contributed by atoms with van der Waals surface area (Å²) in [6.45, 7) is 2.26. The predicted molar refractivity (Wildman–Crippen MR) is 101 cm³/mol. The maximum Gasteiger partial charge on any atom is 0.305 e. The topological polar surface area (TPSA) is 43.4 Å². The minimum atomic E-state index is -0.132. The molecule has 0 aliphatic carbocycles. The van der Waals surface area contributed by atoms with Crippen LogP contribution < -0.4 is 0 Å². The third-order valence-corrected chi connectivity index (χ3v) is 4.62. The minimum absolute atomic E-state index is 0.132. The third-order valence-electron chi connectivity index (χ3n) is 4.62. The van der Waals surface area contributed by atoms with Gasteiger partial charge in [-0.1, -0.05) is 77.6 Å². The normalized spacial score (nSPS) is 10.8. The lowest BCUT2D eigenvalue weighted by molar-refractivity contribution is -0.140. The second-order valence-electron chi connectivity index (χ2n) is 6.96. The van der Waals surface area contributed by atoms with Crippen LogP contribution in [0.25, 0.3) is 0 Å². The Balaban J connectivity index is 3.20. The molecule has 0 aliphatic heterocycles. The molecule has 0 aromatic heterocycles. The van der Waals surface area contributed by atoms with Crippen molar-refractivity contribution in [1.82, 2.24) is 0 Å². The van der Waals surface area contributed by atoms with Crippen molar-refractivity contribution >= 4 is 11.8 Å². The molecule has 0 aliphatic rings. The van der Waals surface area contributed by atoms with E-state index in [9.17, 15) is 9.59 Å². The summed E-state index contributed by atoms with van der Waals surface area (Å²) in [6, 6.07) is 0. The van der Waals surface area contributed by atoms with Gasteiger partial charge in [-0.25, -0.2) is 0 Å². The van der Waals surface area contributed by atoms with E-state index in [1.807, 2.05) is 0 Å². The van der Waals surface area contributed by atoms with E-state index in [1.54, 1.807) is 0 Å². The molecule has 0 saturated heterocycles. The van der Waals surface area contributed by atoms with Crippen LogP contribution in [0, 0.1) is 0 Å². The van der Waals surface area contributed by atoms with Crippen molar-refractivity contribution in [2.45, 2.75) is 116 Å². The summed E-state index contributed by atoms with van der Waals surface area (Å²) in [5, 5.41) is 0. The largest absolute Gasteiger partial charge is 0.469 e. The summed E-state index contributed by atoms with van der Waals surface area (Å²) in [6.07, 6.45) is 19.0. The van der Waals surface area contributed by atoms with E-state index in [0.717, 1.165) is 44.9 Å². The van der Waals surface area contributed by atoms with E-state index in [2.05, 4.69) is 11.7 Å². The molecule has 0 bridgehead atoms. The van der Waals surface area contributed by atoms with E-state index >= 15 is 0 Å². The zero-order valence-electron chi connectivity index (χ0n) is 16.2. The van der Waals surface area contributed by atoms with E-state index in [4.69, 9.17) is 0 Å². The summed E-state index contributed by atoms with van der Waals surface area (Å²) in [7, 11) is 1.43.